The number of amides is 2. The minimum Gasteiger partial charge on any atom is -0.454 e. The Morgan fingerprint density at radius 2 is 1.82 bits per heavy atom. The maximum absolute atomic E-state index is 13.8. The van der Waals surface area contributed by atoms with E-state index in [9.17, 15) is 14.0 Å². The maximum Gasteiger partial charge on any atom is 0.248 e. The van der Waals surface area contributed by atoms with Crippen LogP contribution >= 0.6 is 11.3 Å². The summed E-state index contributed by atoms with van der Waals surface area (Å²) in [4.78, 5) is 29.8. The first-order chi connectivity index (χ1) is 16.6. The van der Waals surface area contributed by atoms with Crippen molar-refractivity contribution in [3.63, 3.8) is 0 Å². The van der Waals surface area contributed by atoms with Crippen LogP contribution in [0.15, 0.2) is 60.0 Å². The minimum atomic E-state index is -0.964. The first kappa shape index (κ1) is 22.4. The second kappa shape index (κ2) is 9.85. The average molecular weight is 481 g/mol. The number of fused-ring (bicyclic) bond motifs is 1. The van der Waals surface area contributed by atoms with E-state index in [-0.39, 0.29) is 31.1 Å². The average Bonchev–Trinajstić information content (AvgIpc) is 3.61. The summed E-state index contributed by atoms with van der Waals surface area (Å²) in [5.41, 5.74) is 1.05. The van der Waals surface area contributed by atoms with Crippen LogP contribution < -0.4 is 19.7 Å². The number of carbonyl (C=O) groups excluding carboxylic acids is 2. The zero-order valence-corrected chi connectivity index (χ0v) is 19.4. The van der Waals surface area contributed by atoms with Crippen molar-refractivity contribution in [2.45, 2.75) is 44.2 Å². The molecule has 6 nitrogen and oxygen atoms in total. The van der Waals surface area contributed by atoms with Crippen molar-refractivity contribution >= 4 is 28.8 Å². The molecule has 5 rings (SSSR count). The Morgan fingerprint density at radius 3 is 2.56 bits per heavy atom. The third kappa shape index (κ3) is 4.77. The molecule has 1 fully saturated rings. The van der Waals surface area contributed by atoms with Gasteiger partial charge < -0.3 is 14.8 Å². The molecular weight excluding hydrogens is 455 g/mol. The quantitative estimate of drug-likeness (QED) is 0.517. The Bertz CT molecular complexity index is 1160. The van der Waals surface area contributed by atoms with Gasteiger partial charge >= 0.3 is 0 Å². The van der Waals surface area contributed by atoms with Gasteiger partial charge in [-0.2, -0.15) is 0 Å². The Morgan fingerprint density at radius 1 is 1.06 bits per heavy atom. The van der Waals surface area contributed by atoms with Gasteiger partial charge in [0, 0.05) is 22.7 Å². The van der Waals surface area contributed by atoms with Gasteiger partial charge in [0.2, 0.25) is 18.6 Å². The summed E-state index contributed by atoms with van der Waals surface area (Å²) in [6.45, 7) is 0.103. The van der Waals surface area contributed by atoms with E-state index in [1.54, 1.807) is 30.3 Å². The van der Waals surface area contributed by atoms with Crippen molar-refractivity contribution in [2.24, 2.45) is 0 Å². The molecule has 2 aromatic carbocycles. The van der Waals surface area contributed by atoms with Crippen LogP contribution in [-0.4, -0.2) is 24.6 Å². The molecule has 2 aliphatic rings. The van der Waals surface area contributed by atoms with E-state index in [4.69, 9.17) is 9.47 Å². The number of hydrogen-bond acceptors (Lipinski definition) is 5. The molecule has 8 heteroatoms. The van der Waals surface area contributed by atoms with E-state index in [0.717, 1.165) is 30.6 Å². The molecule has 1 N–H and O–H groups in total. The maximum atomic E-state index is 13.8. The van der Waals surface area contributed by atoms with Crippen molar-refractivity contribution in [3.8, 4) is 11.5 Å². The number of benzene rings is 2. The van der Waals surface area contributed by atoms with E-state index < -0.39 is 11.9 Å². The molecule has 2 heterocycles. The summed E-state index contributed by atoms with van der Waals surface area (Å²) in [6.07, 6.45) is 4.09. The van der Waals surface area contributed by atoms with E-state index in [2.05, 4.69) is 5.32 Å². The number of rotatable bonds is 7. The summed E-state index contributed by atoms with van der Waals surface area (Å²) < 4.78 is 24.7. The molecule has 1 aliphatic carbocycles. The van der Waals surface area contributed by atoms with Crippen LogP contribution in [-0.2, 0) is 16.0 Å². The van der Waals surface area contributed by atoms with E-state index in [0.29, 0.717) is 22.7 Å². The van der Waals surface area contributed by atoms with Crippen LogP contribution in [0.3, 0.4) is 0 Å². The molecule has 1 saturated carbocycles. The molecule has 1 unspecified atom stereocenters. The van der Waals surface area contributed by atoms with Crippen molar-refractivity contribution in [1.29, 1.82) is 0 Å². The number of hydrogen-bond donors (Lipinski definition) is 1. The first-order valence-electron chi connectivity index (χ1n) is 11.4. The number of ether oxygens (including phenoxy) is 2. The molecule has 0 bridgehead atoms. The Balaban J connectivity index is 1.56. The zero-order chi connectivity index (χ0) is 23.5. The van der Waals surface area contributed by atoms with Crippen molar-refractivity contribution in [1.82, 2.24) is 5.32 Å². The second-order valence-electron chi connectivity index (χ2n) is 8.50. The number of halogens is 1. The van der Waals surface area contributed by atoms with Crippen LogP contribution in [0.1, 0.15) is 42.2 Å². The molecule has 0 saturated heterocycles. The lowest BCUT2D eigenvalue weighted by molar-refractivity contribution is -0.127. The van der Waals surface area contributed by atoms with Crippen molar-refractivity contribution in [3.05, 3.63) is 76.2 Å². The van der Waals surface area contributed by atoms with Gasteiger partial charge in [0.05, 0.1) is 6.42 Å². The van der Waals surface area contributed by atoms with Gasteiger partial charge in [0.25, 0.3) is 0 Å². The molecule has 176 valence electrons. The first-order valence-corrected chi connectivity index (χ1v) is 12.3. The van der Waals surface area contributed by atoms with Gasteiger partial charge in [-0.15, -0.1) is 11.3 Å². The lowest BCUT2D eigenvalue weighted by Gasteiger charge is -2.32. The monoisotopic (exact) mass is 480 g/mol. The van der Waals surface area contributed by atoms with Crippen molar-refractivity contribution < 1.29 is 23.5 Å². The van der Waals surface area contributed by atoms with Gasteiger partial charge in [0.15, 0.2) is 11.5 Å². The molecule has 34 heavy (non-hydrogen) atoms. The fourth-order valence-corrected chi connectivity index (χ4v) is 5.23. The van der Waals surface area contributed by atoms with Crippen LogP contribution in [0.25, 0.3) is 0 Å². The Kier molecular flexibility index (Phi) is 6.49. The summed E-state index contributed by atoms with van der Waals surface area (Å²) >= 11 is 1.49. The fraction of sp³-hybridized carbons (Fsp3) is 0.308. The number of anilines is 1. The van der Waals surface area contributed by atoms with Crippen LogP contribution in [0.5, 0.6) is 11.5 Å². The number of nitrogens with zero attached hydrogens (tertiary/aromatic N) is 1. The van der Waals surface area contributed by atoms with E-state index in [1.807, 2.05) is 17.5 Å². The number of nitrogens with one attached hydrogen (secondary N) is 1. The van der Waals surface area contributed by atoms with Gasteiger partial charge in [-0.05, 0) is 54.1 Å². The van der Waals surface area contributed by atoms with Crippen LogP contribution in [0, 0.1) is 5.82 Å². The SMILES string of the molecule is O=C(NC1CCCC1)C(c1ccc(F)cc1)N(C(=O)Cc1cccs1)c1ccc2c(c1)OCO2. The third-order valence-corrected chi connectivity index (χ3v) is 7.08. The van der Waals surface area contributed by atoms with Gasteiger partial charge in [-0.1, -0.05) is 31.0 Å². The highest BCUT2D eigenvalue weighted by molar-refractivity contribution is 7.10. The largest absolute Gasteiger partial charge is 0.454 e. The molecular formula is C26H25FN2O4S. The standard InChI is InChI=1S/C26H25FN2O4S/c27-18-9-7-17(8-10-18)25(26(31)28-19-4-1-2-5-19)29(24(30)15-21-6-3-13-34-21)20-11-12-22-23(14-20)33-16-32-22/h3,6-14,19,25H,1-2,4-5,15-16H2,(H,28,31). The van der Waals surface area contributed by atoms with E-state index >= 15 is 0 Å². The highest BCUT2D eigenvalue weighted by Gasteiger charge is 2.35. The number of carbonyl (C=O) groups is 2. The lowest BCUT2D eigenvalue weighted by atomic mass is 10.0. The number of thiophene rings is 1. The van der Waals surface area contributed by atoms with E-state index in [1.165, 1.54) is 28.4 Å². The van der Waals surface area contributed by atoms with Crippen molar-refractivity contribution in [2.75, 3.05) is 11.7 Å². The fourth-order valence-electron chi connectivity index (χ4n) is 4.53. The summed E-state index contributed by atoms with van der Waals surface area (Å²) in [7, 11) is 0. The zero-order valence-electron chi connectivity index (χ0n) is 18.5. The molecule has 2 amide bonds. The highest BCUT2D eigenvalue weighted by Crippen LogP contribution is 2.38. The molecule has 1 aromatic heterocycles. The highest BCUT2D eigenvalue weighted by atomic mass is 32.1. The van der Waals surface area contributed by atoms with Gasteiger partial charge in [-0.25, -0.2) is 4.39 Å². The van der Waals surface area contributed by atoms with Crippen LogP contribution in [0.4, 0.5) is 10.1 Å². The smallest absolute Gasteiger partial charge is 0.248 e. The normalized spacial score (nSPS) is 15.8. The summed E-state index contributed by atoms with van der Waals surface area (Å²) in [6, 6.07) is 13.8. The molecule has 0 radical (unpaired) electrons. The Hall–Kier alpha value is -3.39. The molecule has 1 atom stereocenters. The predicted molar refractivity (Wildman–Crippen MR) is 128 cm³/mol. The summed E-state index contributed by atoms with van der Waals surface area (Å²) in [5, 5.41) is 5.04. The minimum absolute atomic E-state index is 0.0708. The lowest BCUT2D eigenvalue weighted by Crippen LogP contribution is -2.46. The Labute approximate surface area is 201 Å². The second-order valence-corrected chi connectivity index (χ2v) is 9.53. The van der Waals surface area contributed by atoms with Gasteiger partial charge in [0.1, 0.15) is 11.9 Å². The third-order valence-electron chi connectivity index (χ3n) is 6.20. The molecule has 0 spiro atoms. The molecule has 1 aliphatic heterocycles. The topological polar surface area (TPSA) is 67.9 Å². The van der Waals surface area contributed by atoms with Crippen LogP contribution in [0.2, 0.25) is 0 Å². The van der Waals surface area contributed by atoms with Gasteiger partial charge in [-0.3, -0.25) is 14.5 Å². The summed E-state index contributed by atoms with van der Waals surface area (Å²) in [5.74, 6) is 0.176. The molecule has 3 aromatic rings. The predicted octanol–water partition coefficient (Wildman–Crippen LogP) is 4.99.